The Bertz CT molecular complexity index is 462. The number of hydrogen-bond acceptors (Lipinski definition) is 4. The Morgan fingerprint density at radius 1 is 1.40 bits per heavy atom. The molecular formula is C14H25N5O. The van der Waals surface area contributed by atoms with E-state index in [0.29, 0.717) is 24.0 Å². The fourth-order valence-corrected chi connectivity index (χ4v) is 2.61. The molecule has 1 aliphatic rings. The number of aromatic amines is 1. The lowest BCUT2D eigenvalue weighted by Gasteiger charge is -2.23. The van der Waals surface area contributed by atoms with Gasteiger partial charge in [0.05, 0.1) is 11.4 Å². The van der Waals surface area contributed by atoms with Crippen molar-refractivity contribution in [3.63, 3.8) is 0 Å². The molecule has 0 bridgehead atoms. The van der Waals surface area contributed by atoms with E-state index in [1.54, 1.807) is 0 Å². The fraction of sp³-hybridized carbons (Fsp3) is 0.714. The molecule has 2 rings (SSSR count). The number of H-pyrrole nitrogens is 1. The largest absolute Gasteiger partial charge is 0.395 e. The van der Waals surface area contributed by atoms with Crippen LogP contribution in [0.1, 0.15) is 55.7 Å². The van der Waals surface area contributed by atoms with Crippen molar-refractivity contribution in [2.24, 2.45) is 0 Å². The van der Waals surface area contributed by atoms with Crippen molar-refractivity contribution in [2.75, 3.05) is 25.4 Å². The number of nitrogen functional groups attached to an aromatic ring is 1. The maximum atomic E-state index is 12.1. The summed E-state index contributed by atoms with van der Waals surface area (Å²) in [4.78, 5) is 14.5. The molecule has 1 amide bonds. The molecule has 1 unspecified atom stereocenters. The van der Waals surface area contributed by atoms with Crippen LogP contribution in [0.5, 0.6) is 0 Å². The van der Waals surface area contributed by atoms with Gasteiger partial charge in [0.25, 0.3) is 5.91 Å². The Hall–Kier alpha value is -1.56. The van der Waals surface area contributed by atoms with Crippen LogP contribution in [0.2, 0.25) is 0 Å². The predicted octanol–water partition coefficient (Wildman–Crippen LogP) is 1.33. The molecule has 0 spiro atoms. The first-order valence-corrected chi connectivity index (χ1v) is 7.36. The van der Waals surface area contributed by atoms with Crippen molar-refractivity contribution in [2.45, 2.75) is 45.6 Å². The van der Waals surface area contributed by atoms with Crippen molar-refractivity contribution >= 4 is 11.6 Å². The van der Waals surface area contributed by atoms with Gasteiger partial charge in [-0.3, -0.25) is 14.8 Å². The van der Waals surface area contributed by atoms with Gasteiger partial charge in [0.15, 0.2) is 5.69 Å². The molecule has 1 aromatic heterocycles. The number of amides is 1. The van der Waals surface area contributed by atoms with Crippen LogP contribution >= 0.6 is 0 Å². The number of likely N-dealkylation sites (tertiary alicyclic amines) is 1. The Labute approximate surface area is 120 Å². The zero-order chi connectivity index (χ0) is 14.7. The molecule has 1 atom stereocenters. The smallest absolute Gasteiger partial charge is 0.273 e. The third-order valence-corrected chi connectivity index (χ3v) is 3.95. The number of hydrogen-bond donors (Lipinski definition) is 3. The van der Waals surface area contributed by atoms with Gasteiger partial charge in [-0.05, 0) is 38.8 Å². The first kappa shape index (κ1) is 14.8. The Kier molecular flexibility index (Phi) is 4.65. The van der Waals surface area contributed by atoms with E-state index in [1.807, 2.05) is 13.8 Å². The average molecular weight is 279 g/mol. The van der Waals surface area contributed by atoms with Gasteiger partial charge in [-0.15, -0.1) is 0 Å². The molecule has 2 heterocycles. The van der Waals surface area contributed by atoms with Crippen LogP contribution in [-0.2, 0) is 0 Å². The lowest BCUT2D eigenvalue weighted by atomic mass is 10.1. The third kappa shape index (κ3) is 3.12. The summed E-state index contributed by atoms with van der Waals surface area (Å²) >= 11 is 0. The van der Waals surface area contributed by atoms with Crippen LogP contribution in [0, 0.1) is 0 Å². The molecule has 0 aliphatic carbocycles. The zero-order valence-corrected chi connectivity index (χ0v) is 12.6. The second-order valence-corrected chi connectivity index (χ2v) is 5.86. The molecule has 6 nitrogen and oxygen atoms in total. The van der Waals surface area contributed by atoms with Gasteiger partial charge >= 0.3 is 0 Å². The Morgan fingerprint density at radius 3 is 2.60 bits per heavy atom. The van der Waals surface area contributed by atoms with Crippen molar-refractivity contribution in [3.05, 3.63) is 11.4 Å². The molecule has 1 aliphatic heterocycles. The number of nitrogens with two attached hydrogens (primary N) is 1. The molecule has 0 aromatic carbocycles. The number of anilines is 1. The highest BCUT2D eigenvalue weighted by Crippen LogP contribution is 2.21. The van der Waals surface area contributed by atoms with E-state index in [1.165, 1.54) is 12.8 Å². The van der Waals surface area contributed by atoms with E-state index in [-0.39, 0.29) is 11.8 Å². The van der Waals surface area contributed by atoms with E-state index in [0.717, 1.165) is 18.8 Å². The summed E-state index contributed by atoms with van der Waals surface area (Å²) < 4.78 is 0. The lowest BCUT2D eigenvalue weighted by molar-refractivity contribution is 0.0936. The van der Waals surface area contributed by atoms with Gasteiger partial charge in [0.1, 0.15) is 0 Å². The molecule has 1 aromatic rings. The molecule has 112 valence electrons. The number of nitrogens with one attached hydrogen (secondary N) is 2. The van der Waals surface area contributed by atoms with E-state index in [2.05, 4.69) is 27.3 Å². The van der Waals surface area contributed by atoms with Crippen LogP contribution in [0.15, 0.2) is 0 Å². The fourth-order valence-electron chi connectivity index (χ4n) is 2.61. The predicted molar refractivity (Wildman–Crippen MR) is 79.7 cm³/mol. The molecule has 4 N–H and O–H groups in total. The van der Waals surface area contributed by atoms with Crippen LogP contribution < -0.4 is 11.1 Å². The van der Waals surface area contributed by atoms with E-state index in [4.69, 9.17) is 5.73 Å². The molecule has 0 saturated carbocycles. The van der Waals surface area contributed by atoms with E-state index >= 15 is 0 Å². The van der Waals surface area contributed by atoms with Gasteiger partial charge in [0.2, 0.25) is 0 Å². The van der Waals surface area contributed by atoms with Crippen molar-refractivity contribution < 1.29 is 4.79 Å². The van der Waals surface area contributed by atoms with Crippen molar-refractivity contribution in [3.8, 4) is 0 Å². The number of carbonyl (C=O) groups excluding carboxylic acids is 1. The number of nitrogens with zero attached hydrogens (tertiary/aromatic N) is 2. The monoisotopic (exact) mass is 279 g/mol. The minimum Gasteiger partial charge on any atom is -0.395 e. The van der Waals surface area contributed by atoms with Gasteiger partial charge in [-0.25, -0.2) is 0 Å². The highest BCUT2D eigenvalue weighted by molar-refractivity contribution is 5.97. The van der Waals surface area contributed by atoms with Crippen molar-refractivity contribution in [1.29, 1.82) is 0 Å². The van der Waals surface area contributed by atoms with Crippen LogP contribution in [0.25, 0.3) is 0 Å². The molecule has 6 heteroatoms. The van der Waals surface area contributed by atoms with Crippen LogP contribution in [-0.4, -0.2) is 46.7 Å². The number of carbonyl (C=O) groups is 1. The Morgan fingerprint density at radius 2 is 2.05 bits per heavy atom. The summed E-state index contributed by atoms with van der Waals surface area (Å²) in [5.74, 6) is 0.0317. The molecule has 1 saturated heterocycles. The topological polar surface area (TPSA) is 87.0 Å². The highest BCUT2D eigenvalue weighted by Gasteiger charge is 2.21. The summed E-state index contributed by atoms with van der Waals surface area (Å²) in [5.41, 5.74) is 7.56. The summed E-state index contributed by atoms with van der Waals surface area (Å²) in [6, 6.07) is 0.353. The normalized spacial score (nSPS) is 17.6. The van der Waals surface area contributed by atoms with Crippen LogP contribution in [0.4, 0.5) is 5.69 Å². The summed E-state index contributed by atoms with van der Waals surface area (Å²) in [6.07, 6.45) is 2.50. The van der Waals surface area contributed by atoms with E-state index in [9.17, 15) is 4.79 Å². The number of rotatable bonds is 5. The van der Waals surface area contributed by atoms with Gasteiger partial charge in [-0.2, -0.15) is 5.10 Å². The number of aromatic nitrogens is 2. The van der Waals surface area contributed by atoms with Gasteiger partial charge in [-0.1, -0.05) is 13.8 Å². The lowest BCUT2D eigenvalue weighted by Crippen LogP contribution is -2.40. The van der Waals surface area contributed by atoms with E-state index < -0.39 is 0 Å². The van der Waals surface area contributed by atoms with Crippen LogP contribution in [0.3, 0.4) is 0 Å². The standard InChI is InChI=1S/C14H25N5O/c1-9(2)12-11(15)13(18-17-12)14(20)16-8-10(3)19-6-4-5-7-19/h9-10H,4-8,15H2,1-3H3,(H,16,20)(H,17,18). The zero-order valence-electron chi connectivity index (χ0n) is 12.6. The van der Waals surface area contributed by atoms with Crippen molar-refractivity contribution in [1.82, 2.24) is 20.4 Å². The SMILES string of the molecule is CC(C)c1[nH]nc(C(=O)NCC(C)N2CCCC2)c1N. The second kappa shape index (κ2) is 6.26. The third-order valence-electron chi connectivity index (χ3n) is 3.95. The maximum Gasteiger partial charge on any atom is 0.273 e. The quantitative estimate of drug-likeness (QED) is 0.759. The summed E-state index contributed by atoms with van der Waals surface area (Å²) in [5, 5.41) is 9.81. The van der Waals surface area contributed by atoms with Gasteiger partial charge < -0.3 is 11.1 Å². The molecular weight excluding hydrogens is 254 g/mol. The first-order valence-electron chi connectivity index (χ1n) is 7.36. The minimum atomic E-state index is -0.198. The second-order valence-electron chi connectivity index (χ2n) is 5.86. The summed E-state index contributed by atoms with van der Waals surface area (Å²) in [6.45, 7) is 9.04. The molecule has 1 fully saturated rings. The molecule has 0 radical (unpaired) electrons. The Balaban J connectivity index is 1.91. The van der Waals surface area contributed by atoms with Gasteiger partial charge in [0, 0.05) is 12.6 Å². The first-order chi connectivity index (χ1) is 9.50. The maximum absolute atomic E-state index is 12.1. The molecule has 20 heavy (non-hydrogen) atoms. The minimum absolute atomic E-state index is 0.198. The summed E-state index contributed by atoms with van der Waals surface area (Å²) in [7, 11) is 0. The highest BCUT2D eigenvalue weighted by atomic mass is 16.2. The average Bonchev–Trinajstić information content (AvgIpc) is 3.04.